The van der Waals surface area contributed by atoms with Crippen LogP contribution >= 0.6 is 0 Å². The second-order valence-electron chi connectivity index (χ2n) is 7.45. The minimum Gasteiger partial charge on any atom is -0.496 e. The van der Waals surface area contributed by atoms with Crippen molar-refractivity contribution in [2.24, 2.45) is 0 Å². The molecule has 33 heavy (non-hydrogen) atoms. The fourth-order valence-electron chi connectivity index (χ4n) is 3.53. The summed E-state index contributed by atoms with van der Waals surface area (Å²) in [5, 5.41) is 0.370. The number of methoxy groups -OCH3 is 1. The number of hydrogen-bond donors (Lipinski definition) is 0. The van der Waals surface area contributed by atoms with Gasteiger partial charge in [-0.2, -0.15) is 18.2 Å². The fraction of sp³-hybridized carbons (Fsp3) is 0.333. The van der Waals surface area contributed by atoms with Gasteiger partial charge in [-0.15, -0.1) is 0 Å². The Morgan fingerprint density at radius 2 is 1.88 bits per heavy atom. The molecule has 0 radical (unpaired) electrons. The van der Waals surface area contributed by atoms with Crippen molar-refractivity contribution >= 4 is 16.5 Å². The molecule has 0 unspecified atom stereocenters. The number of ether oxygens (including phenoxy) is 4. The van der Waals surface area contributed by atoms with Crippen molar-refractivity contribution in [1.29, 1.82) is 0 Å². The molecule has 0 fully saturated rings. The molecule has 1 aromatic heterocycles. The Kier molecular flexibility index (Phi) is 7.10. The summed E-state index contributed by atoms with van der Waals surface area (Å²) in [4.78, 5) is 8.72. The highest BCUT2D eigenvalue weighted by Gasteiger charge is 2.29. The number of aromatic nitrogens is 2. The first-order chi connectivity index (χ1) is 15.9. The monoisotopic (exact) mass is 460 g/mol. The van der Waals surface area contributed by atoms with Gasteiger partial charge < -0.3 is 18.9 Å². The van der Waals surface area contributed by atoms with Crippen molar-refractivity contribution in [3.63, 3.8) is 0 Å². The Morgan fingerprint density at radius 1 is 1.06 bits per heavy atom. The van der Waals surface area contributed by atoms with E-state index in [4.69, 9.17) is 18.9 Å². The highest BCUT2D eigenvalue weighted by atomic mass is 19.4. The molecule has 0 atom stereocenters. The molecule has 0 N–H and O–H groups in total. The van der Waals surface area contributed by atoms with Gasteiger partial charge in [0.2, 0.25) is 5.88 Å². The summed E-state index contributed by atoms with van der Waals surface area (Å²) >= 11 is 0. The third kappa shape index (κ3) is 6.00. The summed E-state index contributed by atoms with van der Waals surface area (Å²) < 4.78 is 60.3. The van der Waals surface area contributed by atoms with E-state index in [9.17, 15) is 13.2 Å². The molecule has 0 saturated heterocycles. The van der Waals surface area contributed by atoms with Gasteiger partial charge in [-0.3, -0.25) is 0 Å². The van der Waals surface area contributed by atoms with Crippen LogP contribution in [0.3, 0.4) is 0 Å². The van der Waals surface area contributed by atoms with Crippen LogP contribution in [-0.4, -0.2) is 43.1 Å². The number of rotatable bonds is 8. The normalized spacial score (nSPS) is 14.2. The largest absolute Gasteiger partial charge is 0.496 e. The van der Waals surface area contributed by atoms with Gasteiger partial charge >= 0.3 is 6.18 Å². The Morgan fingerprint density at radius 3 is 2.58 bits per heavy atom. The van der Waals surface area contributed by atoms with E-state index in [-0.39, 0.29) is 18.3 Å². The zero-order valence-corrected chi connectivity index (χ0v) is 18.0. The summed E-state index contributed by atoms with van der Waals surface area (Å²) in [6.07, 6.45) is -1.91. The van der Waals surface area contributed by atoms with Gasteiger partial charge in [-0.25, -0.2) is 4.98 Å². The molecule has 0 spiro atoms. The van der Waals surface area contributed by atoms with Crippen LogP contribution in [0.5, 0.6) is 11.6 Å². The lowest BCUT2D eigenvalue weighted by Gasteiger charge is -2.18. The maximum atomic E-state index is 12.9. The average molecular weight is 460 g/mol. The molecule has 6 nitrogen and oxygen atoms in total. The SMILES string of the molecule is COc1cc2nc(COCc3ccccc3)nc(OCC(F)(F)F)c2cc1C1=CCOCC1. The summed E-state index contributed by atoms with van der Waals surface area (Å²) in [5.74, 6) is 0.634. The van der Waals surface area contributed by atoms with Crippen LogP contribution < -0.4 is 9.47 Å². The van der Waals surface area contributed by atoms with Crippen molar-refractivity contribution in [2.45, 2.75) is 25.8 Å². The van der Waals surface area contributed by atoms with Crippen LogP contribution in [0.15, 0.2) is 48.5 Å². The molecule has 9 heteroatoms. The van der Waals surface area contributed by atoms with Gasteiger partial charge in [0.1, 0.15) is 12.4 Å². The summed E-state index contributed by atoms with van der Waals surface area (Å²) in [5.41, 5.74) is 3.11. The van der Waals surface area contributed by atoms with E-state index in [1.54, 1.807) is 12.1 Å². The number of hydrogen-bond acceptors (Lipinski definition) is 6. The molecule has 0 bridgehead atoms. The molecule has 0 saturated carbocycles. The minimum atomic E-state index is -4.50. The van der Waals surface area contributed by atoms with Crippen molar-refractivity contribution in [3.05, 3.63) is 65.5 Å². The van der Waals surface area contributed by atoms with Crippen LogP contribution in [-0.2, 0) is 22.7 Å². The molecule has 174 valence electrons. The van der Waals surface area contributed by atoms with E-state index in [0.29, 0.717) is 42.9 Å². The maximum absolute atomic E-state index is 12.9. The van der Waals surface area contributed by atoms with Crippen LogP contribution in [0.25, 0.3) is 16.5 Å². The van der Waals surface area contributed by atoms with Crippen molar-refractivity contribution in [1.82, 2.24) is 9.97 Å². The summed E-state index contributed by atoms with van der Waals surface area (Å²) in [6, 6.07) is 12.9. The van der Waals surface area contributed by atoms with E-state index < -0.39 is 12.8 Å². The van der Waals surface area contributed by atoms with E-state index >= 15 is 0 Å². The number of halogens is 3. The quantitative estimate of drug-likeness (QED) is 0.466. The van der Waals surface area contributed by atoms with E-state index in [1.165, 1.54) is 7.11 Å². The first-order valence-corrected chi connectivity index (χ1v) is 10.4. The zero-order chi connectivity index (χ0) is 23.3. The third-order valence-electron chi connectivity index (χ3n) is 5.05. The average Bonchev–Trinajstić information content (AvgIpc) is 2.82. The van der Waals surface area contributed by atoms with Crippen molar-refractivity contribution in [3.8, 4) is 11.6 Å². The Hall–Kier alpha value is -3.17. The van der Waals surface area contributed by atoms with Gasteiger partial charge in [0.15, 0.2) is 12.4 Å². The summed E-state index contributed by atoms with van der Waals surface area (Å²) in [6.45, 7) is -0.110. The lowest BCUT2D eigenvalue weighted by Crippen LogP contribution is -2.20. The molecule has 3 aromatic rings. The standard InChI is InChI=1S/C24H23F3N2O4/c1-30-21-12-20-19(11-18(21)17-7-9-31-10-8-17)23(33-15-24(25,26)27)29-22(28-20)14-32-13-16-5-3-2-4-6-16/h2-7,11-12H,8-10,13-15H2,1H3. The Labute approximate surface area is 189 Å². The van der Waals surface area contributed by atoms with Crippen LogP contribution in [0.2, 0.25) is 0 Å². The molecule has 4 rings (SSSR count). The minimum absolute atomic E-state index is 0.0137. The maximum Gasteiger partial charge on any atom is 0.422 e. The molecular formula is C24H23F3N2O4. The number of fused-ring (bicyclic) bond motifs is 1. The lowest BCUT2D eigenvalue weighted by atomic mass is 9.98. The second-order valence-corrected chi connectivity index (χ2v) is 7.45. The molecule has 0 amide bonds. The fourth-order valence-corrected chi connectivity index (χ4v) is 3.53. The van der Waals surface area contributed by atoms with Crippen LogP contribution in [0, 0.1) is 0 Å². The van der Waals surface area contributed by atoms with E-state index in [0.717, 1.165) is 16.7 Å². The van der Waals surface area contributed by atoms with Crippen molar-refractivity contribution < 1.29 is 32.1 Å². The first-order valence-electron chi connectivity index (χ1n) is 10.4. The first kappa shape index (κ1) is 23.0. The van der Waals surface area contributed by atoms with Gasteiger partial charge in [-0.1, -0.05) is 36.4 Å². The molecule has 2 heterocycles. The smallest absolute Gasteiger partial charge is 0.422 e. The highest BCUT2D eigenvalue weighted by Crippen LogP contribution is 2.36. The number of benzene rings is 2. The predicted molar refractivity (Wildman–Crippen MR) is 116 cm³/mol. The molecule has 0 aliphatic carbocycles. The molecule has 1 aliphatic rings. The third-order valence-corrected chi connectivity index (χ3v) is 5.05. The van der Waals surface area contributed by atoms with Gasteiger partial charge in [0.25, 0.3) is 0 Å². The highest BCUT2D eigenvalue weighted by molar-refractivity contribution is 5.90. The number of nitrogens with zero attached hydrogens (tertiary/aromatic N) is 2. The van der Waals surface area contributed by atoms with Gasteiger partial charge in [0, 0.05) is 11.6 Å². The van der Waals surface area contributed by atoms with Crippen LogP contribution in [0.4, 0.5) is 13.2 Å². The molecule has 2 aromatic carbocycles. The van der Waals surface area contributed by atoms with Crippen LogP contribution in [0.1, 0.15) is 23.4 Å². The number of alkyl halides is 3. The predicted octanol–water partition coefficient (Wildman–Crippen LogP) is 5.10. The van der Waals surface area contributed by atoms with Crippen molar-refractivity contribution in [2.75, 3.05) is 26.9 Å². The van der Waals surface area contributed by atoms with Gasteiger partial charge in [-0.05, 0) is 23.6 Å². The second kappa shape index (κ2) is 10.2. The lowest BCUT2D eigenvalue weighted by molar-refractivity contribution is -0.153. The molecule has 1 aliphatic heterocycles. The summed E-state index contributed by atoms with van der Waals surface area (Å²) in [7, 11) is 1.54. The molecular weight excluding hydrogens is 437 g/mol. The Bertz CT molecular complexity index is 1130. The van der Waals surface area contributed by atoms with Gasteiger partial charge in [0.05, 0.1) is 37.8 Å². The topological polar surface area (TPSA) is 62.7 Å². The Balaban J connectivity index is 1.68. The van der Waals surface area contributed by atoms with E-state index in [1.807, 2.05) is 36.4 Å². The zero-order valence-electron chi connectivity index (χ0n) is 18.0. The van der Waals surface area contributed by atoms with E-state index in [2.05, 4.69) is 9.97 Å².